The minimum absolute atomic E-state index is 0. The zero-order chi connectivity index (χ0) is 14.8. The first kappa shape index (κ1) is 16.3. The third kappa shape index (κ3) is 2.92. The number of fused-ring (bicyclic) bond motifs is 1. The first-order valence-electron chi connectivity index (χ1n) is 7.28. The van der Waals surface area contributed by atoms with E-state index in [4.69, 9.17) is 0 Å². The average molecular weight is 318 g/mol. The molecule has 0 bridgehead atoms. The van der Waals surface area contributed by atoms with E-state index in [0.29, 0.717) is 13.0 Å². The number of nitrogens with zero attached hydrogens (tertiary/aromatic N) is 3. The minimum Gasteiger partial charge on any atom is -0.350 e. The number of hydrogen-bond donors (Lipinski definition) is 0. The van der Waals surface area contributed by atoms with Gasteiger partial charge in [0.2, 0.25) is 0 Å². The summed E-state index contributed by atoms with van der Waals surface area (Å²) in [5.74, 6) is 1.21. The van der Waals surface area contributed by atoms with Crippen LogP contribution in [-0.4, -0.2) is 19.9 Å². The second-order valence-electron chi connectivity index (χ2n) is 5.23. The molecule has 4 nitrogen and oxygen atoms in total. The predicted octanol–water partition coefficient (Wildman–Crippen LogP) is 3.63. The lowest BCUT2D eigenvalue weighted by molar-refractivity contribution is 0.0978. The Morgan fingerprint density at radius 2 is 2.05 bits per heavy atom. The molecule has 0 saturated carbocycles. The van der Waals surface area contributed by atoms with Crippen molar-refractivity contribution in [1.29, 1.82) is 0 Å². The Bertz CT molecular complexity index is 788. The monoisotopic (exact) mass is 317 g/mol. The van der Waals surface area contributed by atoms with Gasteiger partial charge in [-0.1, -0.05) is 25.1 Å². The minimum atomic E-state index is 0. The van der Waals surface area contributed by atoms with Gasteiger partial charge in [-0.3, -0.25) is 4.79 Å². The van der Waals surface area contributed by atoms with Gasteiger partial charge in [-0.05, 0) is 6.07 Å². The third-order valence-electron chi connectivity index (χ3n) is 3.90. The molecular weight excluding hydrogens is 298 g/mol. The van der Waals surface area contributed by atoms with Crippen molar-refractivity contribution in [1.82, 2.24) is 14.1 Å². The Morgan fingerprint density at radius 1 is 1.27 bits per heavy atom. The summed E-state index contributed by atoms with van der Waals surface area (Å²) in [4.78, 5) is 16.8. The zero-order valence-electron chi connectivity index (χ0n) is 12.8. The largest absolute Gasteiger partial charge is 0.350 e. The van der Waals surface area contributed by atoms with Crippen LogP contribution in [0.2, 0.25) is 0 Å². The van der Waals surface area contributed by atoms with E-state index in [9.17, 15) is 4.79 Å². The van der Waals surface area contributed by atoms with Gasteiger partial charge in [-0.25, -0.2) is 4.98 Å². The van der Waals surface area contributed by atoms with Crippen LogP contribution in [0, 0.1) is 0 Å². The molecular formula is C17H20ClN3O. The van der Waals surface area contributed by atoms with Crippen LogP contribution in [0.15, 0.2) is 42.9 Å². The normalized spacial score (nSPS) is 10.6. The lowest BCUT2D eigenvalue weighted by Crippen LogP contribution is -2.07. The number of benzene rings is 1. The Morgan fingerprint density at radius 3 is 2.82 bits per heavy atom. The van der Waals surface area contributed by atoms with Crippen LogP contribution >= 0.6 is 12.4 Å². The van der Waals surface area contributed by atoms with Gasteiger partial charge in [-0.2, -0.15) is 0 Å². The summed E-state index contributed by atoms with van der Waals surface area (Å²) in [5, 5.41) is 1.03. The maximum atomic E-state index is 12.5. The SMILES string of the molecule is CCc1nccn1CCC(=O)c1cn(C)c2ccccc12.Cl. The number of Topliss-reactive ketones (excluding diaryl/α,β-unsaturated/α-hetero) is 1. The maximum Gasteiger partial charge on any atom is 0.166 e. The summed E-state index contributed by atoms with van der Waals surface area (Å²) in [7, 11) is 1.98. The predicted molar refractivity (Wildman–Crippen MR) is 90.7 cm³/mol. The fraction of sp³-hybridized carbons (Fsp3) is 0.294. The maximum absolute atomic E-state index is 12.5. The van der Waals surface area contributed by atoms with Crippen LogP contribution in [0.3, 0.4) is 0 Å². The molecule has 0 spiro atoms. The topological polar surface area (TPSA) is 39.8 Å². The number of aromatic nitrogens is 3. The van der Waals surface area contributed by atoms with Gasteiger partial charge in [0, 0.05) is 61.5 Å². The molecule has 3 aromatic rings. The van der Waals surface area contributed by atoms with E-state index < -0.39 is 0 Å². The number of hydrogen-bond acceptors (Lipinski definition) is 2. The zero-order valence-corrected chi connectivity index (χ0v) is 13.6. The van der Waals surface area contributed by atoms with Crippen LogP contribution in [0.1, 0.15) is 29.5 Å². The fourth-order valence-electron chi connectivity index (χ4n) is 2.78. The summed E-state index contributed by atoms with van der Waals surface area (Å²) in [6, 6.07) is 8.02. The number of para-hydroxylation sites is 1. The highest BCUT2D eigenvalue weighted by Gasteiger charge is 2.13. The Balaban J connectivity index is 0.00000176. The first-order chi connectivity index (χ1) is 10.2. The molecule has 0 unspecified atom stereocenters. The van der Waals surface area contributed by atoms with Crippen molar-refractivity contribution in [2.75, 3.05) is 0 Å². The smallest absolute Gasteiger partial charge is 0.166 e. The second-order valence-corrected chi connectivity index (χ2v) is 5.23. The molecule has 0 aliphatic carbocycles. The molecule has 116 valence electrons. The molecule has 0 aliphatic rings. The summed E-state index contributed by atoms with van der Waals surface area (Å²) < 4.78 is 4.07. The first-order valence-corrected chi connectivity index (χ1v) is 7.28. The number of rotatable bonds is 5. The number of carbonyl (C=O) groups is 1. The van der Waals surface area contributed by atoms with Crippen LogP contribution < -0.4 is 0 Å². The van der Waals surface area contributed by atoms with Crippen LogP contribution in [0.4, 0.5) is 0 Å². The Kier molecular flexibility index (Phi) is 5.03. The van der Waals surface area contributed by atoms with Crippen LogP contribution in [0.5, 0.6) is 0 Å². The van der Waals surface area contributed by atoms with Gasteiger partial charge >= 0.3 is 0 Å². The highest BCUT2D eigenvalue weighted by Crippen LogP contribution is 2.21. The van der Waals surface area contributed by atoms with Crippen molar-refractivity contribution < 1.29 is 4.79 Å². The lowest BCUT2D eigenvalue weighted by atomic mass is 10.1. The van der Waals surface area contributed by atoms with Gasteiger partial charge in [0.25, 0.3) is 0 Å². The number of halogens is 1. The molecule has 22 heavy (non-hydrogen) atoms. The molecule has 2 heterocycles. The van der Waals surface area contributed by atoms with E-state index in [2.05, 4.69) is 16.5 Å². The molecule has 0 N–H and O–H groups in total. The van der Waals surface area contributed by atoms with Gasteiger partial charge in [0.1, 0.15) is 5.82 Å². The lowest BCUT2D eigenvalue weighted by Gasteiger charge is -2.05. The van der Waals surface area contributed by atoms with Crippen molar-refractivity contribution in [3.63, 3.8) is 0 Å². The Labute approximate surface area is 136 Å². The number of aryl methyl sites for hydroxylation is 3. The van der Waals surface area contributed by atoms with Crippen molar-refractivity contribution in [3.8, 4) is 0 Å². The summed E-state index contributed by atoms with van der Waals surface area (Å²) in [6.07, 6.45) is 7.05. The van der Waals surface area contributed by atoms with E-state index in [1.165, 1.54) is 0 Å². The summed E-state index contributed by atoms with van der Waals surface area (Å²) in [5.41, 5.74) is 1.91. The molecule has 0 saturated heterocycles. The fourth-order valence-corrected chi connectivity index (χ4v) is 2.78. The summed E-state index contributed by atoms with van der Waals surface area (Å²) in [6.45, 7) is 2.76. The van der Waals surface area contributed by atoms with E-state index in [-0.39, 0.29) is 18.2 Å². The van der Waals surface area contributed by atoms with Crippen molar-refractivity contribution in [2.24, 2.45) is 7.05 Å². The third-order valence-corrected chi connectivity index (χ3v) is 3.90. The van der Waals surface area contributed by atoms with Crippen molar-refractivity contribution in [3.05, 3.63) is 54.2 Å². The number of imidazole rings is 1. The quantitative estimate of drug-likeness (QED) is 0.674. The van der Waals surface area contributed by atoms with E-state index >= 15 is 0 Å². The van der Waals surface area contributed by atoms with Crippen molar-refractivity contribution >= 4 is 29.1 Å². The van der Waals surface area contributed by atoms with Gasteiger partial charge in [0.05, 0.1) is 0 Å². The summed E-state index contributed by atoms with van der Waals surface area (Å²) >= 11 is 0. The molecule has 0 fully saturated rings. The standard InChI is InChI=1S/C17H19N3O.ClH/c1-3-17-18-9-11-20(17)10-8-16(21)14-12-19(2)15-7-5-4-6-13(14)15;/h4-7,9,11-12H,3,8,10H2,1-2H3;1H. The number of carbonyl (C=O) groups excluding carboxylic acids is 1. The van der Waals surface area contributed by atoms with Crippen molar-refractivity contribution in [2.45, 2.75) is 26.3 Å². The van der Waals surface area contributed by atoms with Crippen LogP contribution in [0.25, 0.3) is 10.9 Å². The molecule has 0 atom stereocenters. The molecule has 5 heteroatoms. The van der Waals surface area contributed by atoms with Gasteiger partial charge < -0.3 is 9.13 Å². The van der Waals surface area contributed by atoms with E-state index in [1.54, 1.807) is 6.20 Å². The molecule has 0 amide bonds. The van der Waals surface area contributed by atoms with Gasteiger partial charge in [-0.15, -0.1) is 12.4 Å². The highest BCUT2D eigenvalue weighted by molar-refractivity contribution is 6.08. The van der Waals surface area contributed by atoms with Gasteiger partial charge in [0.15, 0.2) is 5.78 Å². The second kappa shape index (κ2) is 6.79. The highest BCUT2D eigenvalue weighted by atomic mass is 35.5. The molecule has 0 radical (unpaired) electrons. The molecule has 3 rings (SSSR count). The number of ketones is 1. The van der Waals surface area contributed by atoms with E-state index in [0.717, 1.165) is 28.7 Å². The molecule has 2 aromatic heterocycles. The average Bonchev–Trinajstić information content (AvgIpc) is 3.10. The molecule has 0 aliphatic heterocycles. The Hall–Kier alpha value is -2.07. The van der Waals surface area contributed by atoms with E-state index in [1.807, 2.05) is 48.3 Å². The molecule has 1 aromatic carbocycles. The van der Waals surface area contributed by atoms with Crippen LogP contribution in [-0.2, 0) is 20.0 Å².